The van der Waals surface area contributed by atoms with Crippen LogP contribution in [0.1, 0.15) is 10.4 Å². The monoisotopic (exact) mass is 394 g/mol. The molecule has 2 heterocycles. The van der Waals surface area contributed by atoms with Crippen molar-refractivity contribution in [2.75, 3.05) is 12.4 Å². The second-order valence-corrected chi connectivity index (χ2v) is 7.57. The molecule has 4 rings (SSSR count). The van der Waals surface area contributed by atoms with Gasteiger partial charge in [-0.15, -0.1) is 11.3 Å². The van der Waals surface area contributed by atoms with Crippen molar-refractivity contribution in [3.63, 3.8) is 0 Å². The standard InChI is InChI=1S/C21H15ClN2O2S/c1-26-14-8-6-13(7-9-14)23-21(25)16-12-18(19-10-11-20(22)27-19)24-17-5-3-2-4-15(16)17/h2-12H,1H3,(H,23,25). The average molecular weight is 395 g/mol. The van der Waals surface area contributed by atoms with Gasteiger partial charge in [-0.05, 0) is 48.5 Å². The Kier molecular flexibility index (Phi) is 4.79. The van der Waals surface area contributed by atoms with E-state index in [-0.39, 0.29) is 5.91 Å². The van der Waals surface area contributed by atoms with Crippen LogP contribution in [0.4, 0.5) is 5.69 Å². The first-order valence-corrected chi connectivity index (χ1v) is 9.44. The van der Waals surface area contributed by atoms with Crippen molar-refractivity contribution in [1.82, 2.24) is 4.98 Å². The molecule has 0 spiro atoms. The Balaban J connectivity index is 1.75. The molecule has 0 radical (unpaired) electrons. The fraction of sp³-hybridized carbons (Fsp3) is 0.0476. The van der Waals surface area contributed by atoms with Crippen LogP contribution < -0.4 is 10.1 Å². The number of carbonyl (C=O) groups is 1. The molecule has 0 fully saturated rings. The highest BCUT2D eigenvalue weighted by Gasteiger charge is 2.15. The van der Waals surface area contributed by atoms with E-state index in [2.05, 4.69) is 10.3 Å². The minimum atomic E-state index is -0.192. The Morgan fingerprint density at radius 2 is 1.85 bits per heavy atom. The number of para-hydroxylation sites is 1. The number of rotatable bonds is 4. The van der Waals surface area contributed by atoms with E-state index in [1.807, 2.05) is 42.5 Å². The van der Waals surface area contributed by atoms with Gasteiger partial charge in [0, 0.05) is 11.1 Å². The van der Waals surface area contributed by atoms with E-state index in [1.54, 1.807) is 31.4 Å². The normalized spacial score (nSPS) is 10.7. The number of fused-ring (bicyclic) bond motifs is 1. The molecule has 0 bridgehead atoms. The Labute approximate surface area is 165 Å². The van der Waals surface area contributed by atoms with Crippen molar-refractivity contribution in [3.05, 3.63) is 76.6 Å². The van der Waals surface area contributed by atoms with Gasteiger partial charge in [-0.2, -0.15) is 0 Å². The summed E-state index contributed by atoms with van der Waals surface area (Å²) in [6.07, 6.45) is 0. The Morgan fingerprint density at radius 1 is 1.07 bits per heavy atom. The van der Waals surface area contributed by atoms with Crippen LogP contribution in [0.25, 0.3) is 21.5 Å². The minimum absolute atomic E-state index is 0.192. The summed E-state index contributed by atoms with van der Waals surface area (Å²) in [5.74, 6) is 0.543. The lowest BCUT2D eigenvalue weighted by molar-refractivity contribution is 0.102. The fourth-order valence-corrected chi connectivity index (χ4v) is 3.82. The SMILES string of the molecule is COc1ccc(NC(=O)c2cc(-c3ccc(Cl)s3)nc3ccccc23)cc1. The first kappa shape index (κ1) is 17.5. The van der Waals surface area contributed by atoms with E-state index >= 15 is 0 Å². The van der Waals surface area contributed by atoms with E-state index in [1.165, 1.54) is 11.3 Å². The molecule has 0 aliphatic carbocycles. The lowest BCUT2D eigenvalue weighted by atomic mass is 10.1. The summed E-state index contributed by atoms with van der Waals surface area (Å²) in [5, 5.41) is 3.74. The topological polar surface area (TPSA) is 51.2 Å². The van der Waals surface area contributed by atoms with Gasteiger partial charge in [-0.3, -0.25) is 4.79 Å². The number of anilines is 1. The van der Waals surface area contributed by atoms with Crippen molar-refractivity contribution in [2.24, 2.45) is 0 Å². The highest BCUT2D eigenvalue weighted by molar-refractivity contribution is 7.19. The van der Waals surface area contributed by atoms with E-state index in [4.69, 9.17) is 16.3 Å². The summed E-state index contributed by atoms with van der Waals surface area (Å²) in [6.45, 7) is 0. The summed E-state index contributed by atoms with van der Waals surface area (Å²) >= 11 is 7.50. The van der Waals surface area contributed by atoms with Gasteiger partial charge in [0.05, 0.1) is 33.1 Å². The average Bonchev–Trinajstić information content (AvgIpc) is 3.14. The zero-order valence-electron chi connectivity index (χ0n) is 14.4. The predicted octanol–water partition coefficient (Wildman–Crippen LogP) is 5.88. The van der Waals surface area contributed by atoms with Crippen LogP contribution in [0.3, 0.4) is 0 Å². The van der Waals surface area contributed by atoms with Crippen molar-refractivity contribution < 1.29 is 9.53 Å². The third kappa shape index (κ3) is 3.65. The molecule has 6 heteroatoms. The smallest absolute Gasteiger partial charge is 0.256 e. The molecule has 0 unspecified atom stereocenters. The van der Waals surface area contributed by atoms with E-state index in [0.717, 1.165) is 27.2 Å². The Morgan fingerprint density at radius 3 is 2.56 bits per heavy atom. The van der Waals surface area contributed by atoms with Gasteiger partial charge in [0.2, 0.25) is 0 Å². The zero-order valence-corrected chi connectivity index (χ0v) is 16.0. The van der Waals surface area contributed by atoms with Crippen LogP contribution in [0.15, 0.2) is 66.7 Å². The maximum atomic E-state index is 13.0. The predicted molar refractivity (Wildman–Crippen MR) is 111 cm³/mol. The van der Waals surface area contributed by atoms with Gasteiger partial charge in [0.1, 0.15) is 5.75 Å². The van der Waals surface area contributed by atoms with Crippen LogP contribution in [0.2, 0.25) is 4.34 Å². The Bertz CT molecular complexity index is 1120. The number of nitrogens with zero attached hydrogens (tertiary/aromatic N) is 1. The highest BCUT2D eigenvalue weighted by Crippen LogP contribution is 2.32. The van der Waals surface area contributed by atoms with Crippen molar-refractivity contribution in [3.8, 4) is 16.3 Å². The first-order chi connectivity index (χ1) is 13.1. The lowest BCUT2D eigenvalue weighted by Gasteiger charge is -2.10. The van der Waals surface area contributed by atoms with Gasteiger partial charge in [0.15, 0.2) is 0 Å². The molecule has 0 aliphatic rings. The molecule has 0 saturated heterocycles. The van der Waals surface area contributed by atoms with Crippen LogP contribution in [0.5, 0.6) is 5.75 Å². The van der Waals surface area contributed by atoms with E-state index in [0.29, 0.717) is 15.6 Å². The number of ether oxygens (including phenoxy) is 1. The number of hydrogen-bond donors (Lipinski definition) is 1. The molecule has 2 aromatic carbocycles. The molecule has 0 atom stereocenters. The van der Waals surface area contributed by atoms with Gasteiger partial charge >= 0.3 is 0 Å². The van der Waals surface area contributed by atoms with E-state index in [9.17, 15) is 4.79 Å². The summed E-state index contributed by atoms with van der Waals surface area (Å²) in [5.41, 5.74) is 2.75. The second kappa shape index (κ2) is 7.39. The summed E-state index contributed by atoms with van der Waals surface area (Å²) in [7, 11) is 1.61. The van der Waals surface area contributed by atoms with Crippen LogP contribution in [0, 0.1) is 0 Å². The minimum Gasteiger partial charge on any atom is -0.497 e. The molecule has 1 N–H and O–H groups in total. The van der Waals surface area contributed by atoms with Crippen LogP contribution >= 0.6 is 22.9 Å². The quantitative estimate of drug-likeness (QED) is 0.470. The zero-order chi connectivity index (χ0) is 18.8. The molecule has 0 aliphatic heterocycles. The van der Waals surface area contributed by atoms with Crippen molar-refractivity contribution in [1.29, 1.82) is 0 Å². The maximum absolute atomic E-state index is 13.0. The third-order valence-electron chi connectivity index (χ3n) is 4.13. The number of amides is 1. The van der Waals surface area contributed by atoms with Crippen molar-refractivity contribution in [2.45, 2.75) is 0 Å². The number of halogens is 1. The number of thiophene rings is 1. The molecule has 4 nitrogen and oxygen atoms in total. The second-order valence-electron chi connectivity index (χ2n) is 5.86. The van der Waals surface area contributed by atoms with Gasteiger partial charge < -0.3 is 10.1 Å². The van der Waals surface area contributed by atoms with E-state index < -0.39 is 0 Å². The highest BCUT2D eigenvalue weighted by atomic mass is 35.5. The first-order valence-electron chi connectivity index (χ1n) is 8.25. The molecule has 0 saturated carbocycles. The van der Waals surface area contributed by atoms with Gasteiger partial charge in [0.25, 0.3) is 5.91 Å². The van der Waals surface area contributed by atoms with Gasteiger partial charge in [-0.1, -0.05) is 29.8 Å². The molecule has 2 aromatic heterocycles. The molecule has 1 amide bonds. The summed E-state index contributed by atoms with van der Waals surface area (Å²) in [4.78, 5) is 18.6. The number of methoxy groups -OCH3 is 1. The Hall–Kier alpha value is -2.89. The summed E-state index contributed by atoms with van der Waals surface area (Å²) < 4.78 is 5.84. The fourth-order valence-electron chi connectivity index (χ4n) is 2.81. The number of nitrogens with one attached hydrogen (secondary N) is 1. The number of carbonyl (C=O) groups excluding carboxylic acids is 1. The lowest BCUT2D eigenvalue weighted by Crippen LogP contribution is -2.13. The van der Waals surface area contributed by atoms with Crippen LogP contribution in [-0.2, 0) is 0 Å². The van der Waals surface area contributed by atoms with Gasteiger partial charge in [-0.25, -0.2) is 4.98 Å². The molecular formula is C21H15ClN2O2S. The summed E-state index contributed by atoms with van der Waals surface area (Å²) in [6, 6.07) is 20.4. The molecular weight excluding hydrogens is 380 g/mol. The number of aromatic nitrogens is 1. The number of benzene rings is 2. The molecule has 27 heavy (non-hydrogen) atoms. The third-order valence-corrected chi connectivity index (χ3v) is 5.39. The molecule has 4 aromatic rings. The number of pyridine rings is 1. The molecule has 134 valence electrons. The largest absolute Gasteiger partial charge is 0.497 e. The van der Waals surface area contributed by atoms with Crippen LogP contribution in [-0.4, -0.2) is 18.0 Å². The number of hydrogen-bond acceptors (Lipinski definition) is 4. The maximum Gasteiger partial charge on any atom is 0.256 e. The van der Waals surface area contributed by atoms with Crippen molar-refractivity contribution >= 4 is 45.4 Å².